The van der Waals surface area contributed by atoms with Crippen LogP contribution in [0.2, 0.25) is 0 Å². The first-order chi connectivity index (χ1) is 27.8. The molecule has 0 radical (unpaired) electrons. The second kappa shape index (κ2) is 22.6. The number of aliphatic hydroxyl groups is 3. The summed E-state index contributed by atoms with van der Waals surface area (Å²) in [7, 11) is 7.51. The van der Waals surface area contributed by atoms with Crippen molar-refractivity contribution < 1.29 is 62.9 Å². The lowest BCUT2D eigenvalue weighted by Crippen LogP contribution is -2.65. The lowest BCUT2D eigenvalue weighted by molar-refractivity contribution is -0.337. The molecule has 0 spiro atoms. The quantitative estimate of drug-likeness (QED) is 0.0297. The molecule has 0 aromatic heterocycles. The largest absolute Gasteiger partial charge is 0.453 e. The molecular weight excluding hydrogens is 835 g/mol. The number of thiol groups is 1. The zero-order valence-corrected chi connectivity index (χ0v) is 36.7. The number of hydrogen-bond acceptors (Lipinski definition) is 19. The number of carbonyl (C=O) groups is 2. The molecule has 58 heavy (non-hydrogen) atoms. The average molecular weight is 891 g/mol. The van der Waals surface area contributed by atoms with E-state index >= 15 is 0 Å². The highest BCUT2D eigenvalue weighted by molar-refractivity contribution is 9.09. The van der Waals surface area contributed by atoms with Gasteiger partial charge in [0.05, 0.1) is 72.9 Å². The second-order valence-corrected chi connectivity index (χ2v) is 19.5. The predicted molar refractivity (Wildman–Crippen MR) is 222 cm³/mol. The number of Topliss-reactive ketones (excluding diaryl/α,β-unsaturated/α-hetero) is 1. The number of likely N-dealkylation sites (N-methyl/N-ethyl adjacent to an activating group) is 1. The Morgan fingerprint density at radius 1 is 1.16 bits per heavy atom. The summed E-state index contributed by atoms with van der Waals surface area (Å²) in [5.41, 5.74) is 1.20. The summed E-state index contributed by atoms with van der Waals surface area (Å²) in [5, 5.41) is 40.4. The third-order valence-electron chi connectivity index (χ3n) is 10.6. The van der Waals surface area contributed by atoms with Gasteiger partial charge in [-0.1, -0.05) is 28.5 Å². The maximum atomic E-state index is 13.9. The van der Waals surface area contributed by atoms with Gasteiger partial charge >= 0.3 is 6.09 Å². The molecule has 1 unspecified atom stereocenters. The molecule has 1 amide bonds. The molecule has 15 atom stereocenters. The normalized spacial score (nSPS) is 39.7. The monoisotopic (exact) mass is 890 g/mol. The number of nitrogens with one attached hydrogen (secondary N) is 3. The van der Waals surface area contributed by atoms with Crippen molar-refractivity contribution in [2.24, 2.45) is 5.92 Å². The minimum absolute atomic E-state index is 0.0933. The second-order valence-electron chi connectivity index (χ2n) is 14.4. The fraction of sp³-hybridized carbons (Fsp3) is 0.737. The maximum absolute atomic E-state index is 13.9. The summed E-state index contributed by atoms with van der Waals surface area (Å²) in [6, 6.07) is -1.00. The summed E-state index contributed by atoms with van der Waals surface area (Å²) in [6.45, 7) is 6.45. The molecule has 0 saturated carbocycles. The Labute approximate surface area is 357 Å². The van der Waals surface area contributed by atoms with Gasteiger partial charge in [-0.15, -0.1) is 12.2 Å². The number of carbonyl (C=O) groups excluding carboxylic acids is 2. The fourth-order valence-electron chi connectivity index (χ4n) is 7.63. The van der Waals surface area contributed by atoms with Crippen LogP contribution in [0, 0.1) is 23.8 Å². The Hall–Kier alpha value is -1.36. The van der Waals surface area contributed by atoms with Gasteiger partial charge in [-0.25, -0.2) is 16.6 Å². The molecule has 2 bridgehead atoms. The number of ether oxygens (including phenoxy) is 7. The van der Waals surface area contributed by atoms with E-state index in [1.54, 1.807) is 64.5 Å². The highest BCUT2D eigenvalue weighted by Gasteiger charge is 2.51. The van der Waals surface area contributed by atoms with Crippen LogP contribution in [0.25, 0.3) is 0 Å². The zero-order chi connectivity index (χ0) is 42.0. The number of fused-ring (bicyclic) bond motifs is 2. The summed E-state index contributed by atoms with van der Waals surface area (Å²) in [5.74, 6) is 4.75. The van der Waals surface area contributed by atoms with Gasteiger partial charge in [0.25, 0.3) is 0 Å². The van der Waals surface area contributed by atoms with Crippen molar-refractivity contribution in [3.8, 4) is 11.8 Å². The molecule has 326 valence electrons. The fourth-order valence-corrected chi connectivity index (χ4v) is 10.6. The third kappa shape index (κ3) is 12.0. The highest BCUT2D eigenvalue weighted by atomic mass is 33.5. The SMILES string of the molecule is CCN[C@H]1CO[C@@H](O[C@H]2[C@H](O[C@H]3/C=C\C=[C-]C#C[C@]4(O)CC(=O)C(NC(=O)OC)=C3C4CCSSSC)O[C@H](C)[C@@H](NO[C@H]3C[C@H](O)[C@H](S)[C@@H](C)O3)[C@@H]2O)C[C@@H]1OC. The van der Waals surface area contributed by atoms with Crippen molar-refractivity contribution >= 4 is 55.9 Å². The van der Waals surface area contributed by atoms with Crippen molar-refractivity contribution in [3.05, 3.63) is 35.6 Å². The molecule has 5 aliphatic rings. The molecule has 3 saturated heterocycles. The molecule has 5 rings (SSSR count). The van der Waals surface area contributed by atoms with Crippen molar-refractivity contribution in [1.29, 1.82) is 0 Å². The number of hydroxylamine groups is 1. The van der Waals surface area contributed by atoms with Crippen molar-refractivity contribution in [3.63, 3.8) is 0 Å². The standard InChI is InChI=1S/C38H56N3O13S4/c1-7-39-23-19-49-28(17-27(23)47-4)53-34-33(44)31(41-54-29-16-24(42)35(55)21(3)50-29)20(2)51-36(34)52-26-12-10-8-9-11-14-38(46)18-25(43)32(40-37(45)48-5)30(26)22(38)13-15-57-58-56-6/h8,10,12,20-24,26-29,31,33-36,39,41-42,44,46,55H,7,13,15-19H2,1-6H3,(H,40,45)/q-1/b12-10-/t20-,21-,22?,23+,24+,26+,27+,28+,29+,31-,33+,34-,35-,36+,38+/m1/s1. The Morgan fingerprint density at radius 2 is 1.95 bits per heavy atom. The van der Waals surface area contributed by atoms with Crippen LogP contribution >= 0.6 is 44.0 Å². The number of rotatable bonds is 16. The van der Waals surface area contributed by atoms with E-state index < -0.39 is 96.6 Å². The van der Waals surface area contributed by atoms with Gasteiger partial charge in [-0.05, 0) is 48.5 Å². The molecular formula is C38H56N3O13S4-. The van der Waals surface area contributed by atoms with Crippen LogP contribution in [0.3, 0.4) is 0 Å². The lowest BCUT2D eigenvalue weighted by Gasteiger charge is -2.48. The molecule has 0 aromatic carbocycles. The first kappa shape index (κ1) is 47.7. The number of allylic oxidation sites excluding steroid dienone is 4. The number of hydrogen-bond donors (Lipinski definition) is 7. The molecule has 3 fully saturated rings. The van der Waals surface area contributed by atoms with Crippen molar-refractivity contribution in [2.75, 3.05) is 39.4 Å². The van der Waals surface area contributed by atoms with Gasteiger partial charge in [0.2, 0.25) is 0 Å². The molecule has 0 aromatic rings. The van der Waals surface area contributed by atoms with E-state index in [0.717, 1.165) is 0 Å². The topological polar surface area (TPSA) is 205 Å². The lowest BCUT2D eigenvalue weighted by atomic mass is 9.70. The van der Waals surface area contributed by atoms with Crippen molar-refractivity contribution in [1.82, 2.24) is 16.1 Å². The number of amides is 1. The third-order valence-corrected chi connectivity index (χ3v) is 15.3. The van der Waals surface area contributed by atoms with E-state index in [1.807, 2.05) is 13.2 Å². The van der Waals surface area contributed by atoms with E-state index in [1.165, 1.54) is 13.2 Å². The van der Waals surface area contributed by atoms with Crippen LogP contribution in [-0.4, -0.2) is 151 Å². The number of alkyl carbamates (subject to hydrolysis) is 1. The van der Waals surface area contributed by atoms with Gasteiger partial charge in [0.1, 0.15) is 12.2 Å². The summed E-state index contributed by atoms with van der Waals surface area (Å²) in [4.78, 5) is 32.5. The van der Waals surface area contributed by atoms with Crippen LogP contribution in [-0.2, 0) is 42.8 Å². The van der Waals surface area contributed by atoms with Gasteiger partial charge in [-0.3, -0.25) is 14.9 Å². The average Bonchev–Trinajstić information content (AvgIpc) is 3.19. The van der Waals surface area contributed by atoms with Crippen LogP contribution in [0.5, 0.6) is 0 Å². The Bertz CT molecular complexity index is 1540. The number of ketones is 1. The first-order valence-corrected chi connectivity index (χ1v) is 23.8. The van der Waals surface area contributed by atoms with Crippen molar-refractivity contribution in [2.45, 2.75) is 131 Å². The molecule has 2 aliphatic carbocycles. The number of methoxy groups -OCH3 is 2. The Kier molecular flexibility index (Phi) is 18.6. The van der Waals surface area contributed by atoms with Gasteiger partial charge < -0.3 is 53.8 Å². The Morgan fingerprint density at radius 3 is 2.66 bits per heavy atom. The Balaban J connectivity index is 1.50. The molecule has 20 heteroatoms. The van der Waals surface area contributed by atoms with Gasteiger partial charge in [-0.2, -0.15) is 30.3 Å². The van der Waals surface area contributed by atoms with Gasteiger partial charge in [0.15, 0.2) is 24.7 Å². The molecule has 6 N–H and O–H groups in total. The minimum atomic E-state index is -1.85. The van der Waals surface area contributed by atoms with E-state index in [4.69, 9.17) is 38.0 Å². The minimum Gasteiger partial charge on any atom is -0.453 e. The molecule has 3 aliphatic heterocycles. The number of aliphatic hydroxyl groups excluding tert-OH is 2. The van der Waals surface area contributed by atoms with Crippen LogP contribution < -0.4 is 16.1 Å². The summed E-state index contributed by atoms with van der Waals surface area (Å²) >= 11 is 4.42. The van der Waals surface area contributed by atoms with E-state index in [-0.39, 0.29) is 36.4 Å². The van der Waals surface area contributed by atoms with E-state index in [2.05, 4.69) is 46.7 Å². The van der Waals surface area contributed by atoms with Crippen LogP contribution in [0.15, 0.2) is 29.5 Å². The zero-order valence-electron chi connectivity index (χ0n) is 33.4. The first-order valence-electron chi connectivity index (χ1n) is 19.2. The predicted octanol–water partition coefficient (Wildman–Crippen LogP) is 2.20. The maximum Gasteiger partial charge on any atom is 0.411 e. The molecule has 3 heterocycles. The smallest absolute Gasteiger partial charge is 0.411 e. The summed E-state index contributed by atoms with van der Waals surface area (Å²) in [6.07, 6.45) is 0.0256. The van der Waals surface area contributed by atoms with Crippen LogP contribution in [0.4, 0.5) is 4.79 Å². The molecule has 16 nitrogen and oxygen atoms in total. The highest BCUT2D eigenvalue weighted by Crippen LogP contribution is 2.44. The van der Waals surface area contributed by atoms with E-state index in [9.17, 15) is 24.9 Å². The van der Waals surface area contributed by atoms with Crippen LogP contribution in [0.1, 0.15) is 46.5 Å². The van der Waals surface area contributed by atoms with E-state index in [0.29, 0.717) is 25.1 Å². The summed E-state index contributed by atoms with van der Waals surface area (Å²) < 4.78 is 42.5. The van der Waals surface area contributed by atoms with Gasteiger partial charge in [0, 0.05) is 38.0 Å².